The molecule has 0 saturated heterocycles. The van der Waals surface area contributed by atoms with E-state index >= 15 is 0 Å². The topological polar surface area (TPSA) is 42.2 Å². The minimum absolute atomic E-state index is 0.397. The monoisotopic (exact) mass is 245 g/mol. The molecular weight excluding hydrogens is 230 g/mol. The number of anilines is 2. The Morgan fingerprint density at radius 3 is 2.87 bits per heavy atom. The smallest absolute Gasteiger partial charge is 0.147 e. The summed E-state index contributed by atoms with van der Waals surface area (Å²) in [5.74, 6) is 1.83. The molecule has 0 amide bonds. The summed E-state index contributed by atoms with van der Waals surface area (Å²) in [6.07, 6.45) is 3.71. The molecule has 84 valence electrons. The van der Waals surface area contributed by atoms with Crippen molar-refractivity contribution in [2.45, 2.75) is 13.0 Å². The van der Waals surface area contributed by atoms with Gasteiger partial charge in [0.1, 0.15) is 5.82 Å². The van der Waals surface area contributed by atoms with Crippen molar-refractivity contribution in [3.05, 3.63) is 17.3 Å². The highest BCUT2D eigenvalue weighted by Gasteiger charge is 2.13. The van der Waals surface area contributed by atoms with Crippen LogP contribution in [0, 0.1) is 0 Å². The maximum Gasteiger partial charge on any atom is 0.147 e. The Labute approximate surface area is 100 Å². The Balaban J connectivity index is 2.86. The molecule has 15 heavy (non-hydrogen) atoms. The van der Waals surface area contributed by atoms with Crippen LogP contribution in [0.4, 0.5) is 11.5 Å². The van der Waals surface area contributed by atoms with Gasteiger partial charge < -0.3 is 10.6 Å². The summed E-state index contributed by atoms with van der Waals surface area (Å²) in [4.78, 5) is 6.31. The maximum atomic E-state index is 6.08. The van der Waals surface area contributed by atoms with Crippen molar-refractivity contribution >= 4 is 34.9 Å². The van der Waals surface area contributed by atoms with E-state index < -0.39 is 0 Å². The van der Waals surface area contributed by atoms with Gasteiger partial charge in [-0.2, -0.15) is 11.8 Å². The van der Waals surface area contributed by atoms with Crippen LogP contribution in [0.3, 0.4) is 0 Å². The van der Waals surface area contributed by atoms with Crippen LogP contribution < -0.4 is 10.6 Å². The molecule has 1 atom stereocenters. The third kappa shape index (κ3) is 3.18. The second-order valence-electron chi connectivity index (χ2n) is 3.49. The number of nitrogen functional groups attached to an aromatic ring is 1. The summed E-state index contributed by atoms with van der Waals surface area (Å²) in [5, 5.41) is 0.602. The summed E-state index contributed by atoms with van der Waals surface area (Å²) >= 11 is 7.88. The number of pyridine rings is 1. The molecule has 1 rings (SSSR count). The minimum Gasteiger partial charge on any atom is -0.397 e. The summed E-state index contributed by atoms with van der Waals surface area (Å²) in [7, 11) is 1.99. The summed E-state index contributed by atoms with van der Waals surface area (Å²) < 4.78 is 0. The number of nitrogens with two attached hydrogens (primary N) is 1. The number of hydrogen-bond donors (Lipinski definition) is 1. The zero-order valence-electron chi connectivity index (χ0n) is 9.20. The van der Waals surface area contributed by atoms with Crippen molar-refractivity contribution in [3.63, 3.8) is 0 Å². The van der Waals surface area contributed by atoms with Crippen LogP contribution >= 0.6 is 23.4 Å². The lowest BCUT2D eigenvalue weighted by atomic mass is 10.3. The van der Waals surface area contributed by atoms with E-state index in [1.807, 2.05) is 7.05 Å². The fraction of sp³-hybridized carbons (Fsp3) is 0.500. The maximum absolute atomic E-state index is 6.08. The predicted molar refractivity (Wildman–Crippen MR) is 69.9 cm³/mol. The lowest BCUT2D eigenvalue weighted by Gasteiger charge is -2.26. The van der Waals surface area contributed by atoms with Crippen LogP contribution in [0.15, 0.2) is 12.3 Å². The largest absolute Gasteiger partial charge is 0.397 e. The fourth-order valence-corrected chi connectivity index (χ4v) is 2.28. The van der Waals surface area contributed by atoms with E-state index in [0.29, 0.717) is 16.8 Å². The molecule has 1 heterocycles. The Bertz CT molecular complexity index is 332. The van der Waals surface area contributed by atoms with Gasteiger partial charge in [-0.15, -0.1) is 0 Å². The van der Waals surface area contributed by atoms with E-state index in [4.69, 9.17) is 17.3 Å². The highest BCUT2D eigenvalue weighted by Crippen LogP contribution is 2.25. The van der Waals surface area contributed by atoms with Crippen molar-refractivity contribution in [2.24, 2.45) is 0 Å². The first-order chi connectivity index (χ1) is 7.06. The first kappa shape index (κ1) is 12.5. The van der Waals surface area contributed by atoms with E-state index in [1.54, 1.807) is 24.0 Å². The number of hydrogen-bond acceptors (Lipinski definition) is 4. The van der Waals surface area contributed by atoms with Gasteiger partial charge in [0.2, 0.25) is 0 Å². The highest BCUT2D eigenvalue weighted by atomic mass is 35.5. The van der Waals surface area contributed by atoms with Crippen molar-refractivity contribution in [2.75, 3.05) is 29.7 Å². The Hall–Kier alpha value is -0.610. The van der Waals surface area contributed by atoms with Crippen LogP contribution in [-0.2, 0) is 0 Å². The molecule has 0 aliphatic rings. The normalized spacial score (nSPS) is 12.5. The van der Waals surface area contributed by atoms with Gasteiger partial charge in [0.25, 0.3) is 0 Å². The van der Waals surface area contributed by atoms with Crippen molar-refractivity contribution in [3.8, 4) is 0 Å². The summed E-state index contributed by atoms with van der Waals surface area (Å²) in [5.41, 5.74) is 6.19. The highest BCUT2D eigenvalue weighted by molar-refractivity contribution is 7.98. The third-order valence-electron chi connectivity index (χ3n) is 2.25. The van der Waals surface area contributed by atoms with Gasteiger partial charge in [0, 0.05) is 18.8 Å². The molecule has 2 N–H and O–H groups in total. The van der Waals surface area contributed by atoms with Crippen LogP contribution in [0.25, 0.3) is 0 Å². The average molecular weight is 246 g/mol. The number of halogens is 1. The molecule has 5 heteroatoms. The first-order valence-corrected chi connectivity index (χ1v) is 6.46. The molecule has 1 aromatic heterocycles. The molecule has 1 unspecified atom stereocenters. The van der Waals surface area contributed by atoms with Gasteiger partial charge in [-0.25, -0.2) is 4.98 Å². The predicted octanol–water partition coefficient (Wildman–Crippen LogP) is 2.50. The van der Waals surface area contributed by atoms with Gasteiger partial charge >= 0.3 is 0 Å². The molecule has 0 aliphatic carbocycles. The van der Waals surface area contributed by atoms with Crippen molar-refractivity contribution in [1.29, 1.82) is 0 Å². The second kappa shape index (κ2) is 5.47. The molecule has 3 nitrogen and oxygen atoms in total. The van der Waals surface area contributed by atoms with Gasteiger partial charge in [0.15, 0.2) is 0 Å². The van der Waals surface area contributed by atoms with Crippen molar-refractivity contribution in [1.82, 2.24) is 4.98 Å². The molecule has 0 bridgehead atoms. The zero-order valence-corrected chi connectivity index (χ0v) is 10.8. The third-order valence-corrected chi connectivity index (χ3v) is 3.34. The zero-order chi connectivity index (χ0) is 11.4. The van der Waals surface area contributed by atoms with E-state index in [0.717, 1.165) is 11.6 Å². The first-order valence-electron chi connectivity index (χ1n) is 4.69. The molecule has 0 aliphatic heterocycles. The van der Waals surface area contributed by atoms with E-state index in [-0.39, 0.29) is 0 Å². The molecule has 0 spiro atoms. The second-order valence-corrected chi connectivity index (χ2v) is 4.81. The van der Waals surface area contributed by atoms with Crippen molar-refractivity contribution < 1.29 is 0 Å². The molecule has 0 saturated carbocycles. The lowest BCUT2D eigenvalue weighted by Crippen LogP contribution is -2.31. The van der Waals surface area contributed by atoms with Crippen LogP contribution in [-0.4, -0.2) is 30.1 Å². The van der Waals surface area contributed by atoms with Gasteiger partial charge in [-0.05, 0) is 19.2 Å². The molecule has 0 fully saturated rings. The van der Waals surface area contributed by atoms with Gasteiger partial charge in [-0.1, -0.05) is 11.6 Å². The molecule has 0 radical (unpaired) electrons. The standard InChI is InChI=1S/C10H16ClN3S/c1-7(6-15-3)14(2)10-9(11)4-8(12)5-13-10/h4-5,7H,6,12H2,1-3H3. The number of thioether (sulfide) groups is 1. The Morgan fingerprint density at radius 2 is 2.33 bits per heavy atom. The molecular formula is C10H16ClN3S. The van der Waals surface area contributed by atoms with Crippen LogP contribution in [0.2, 0.25) is 5.02 Å². The van der Waals surface area contributed by atoms with Gasteiger partial charge in [-0.3, -0.25) is 0 Å². The number of rotatable bonds is 4. The van der Waals surface area contributed by atoms with Crippen LogP contribution in [0.1, 0.15) is 6.92 Å². The SMILES string of the molecule is CSCC(C)N(C)c1ncc(N)cc1Cl. The molecule has 0 aromatic carbocycles. The fourth-order valence-electron chi connectivity index (χ4n) is 1.27. The molecule has 1 aromatic rings. The van der Waals surface area contributed by atoms with E-state index in [2.05, 4.69) is 23.1 Å². The average Bonchev–Trinajstić information content (AvgIpc) is 2.17. The van der Waals surface area contributed by atoms with E-state index in [1.165, 1.54) is 0 Å². The van der Waals surface area contributed by atoms with Crippen LogP contribution in [0.5, 0.6) is 0 Å². The summed E-state index contributed by atoms with van der Waals surface area (Å²) in [6, 6.07) is 2.13. The quantitative estimate of drug-likeness (QED) is 0.885. The van der Waals surface area contributed by atoms with E-state index in [9.17, 15) is 0 Å². The summed E-state index contributed by atoms with van der Waals surface area (Å²) in [6.45, 7) is 2.14. The minimum atomic E-state index is 0.397. The van der Waals surface area contributed by atoms with Gasteiger partial charge in [0.05, 0.1) is 16.9 Å². The Kier molecular flexibility index (Phi) is 4.54. The number of aromatic nitrogens is 1. The Morgan fingerprint density at radius 1 is 1.67 bits per heavy atom. The number of nitrogens with zero attached hydrogens (tertiary/aromatic N) is 2. The lowest BCUT2D eigenvalue weighted by molar-refractivity contribution is 0.754.